The molecule has 0 saturated carbocycles. The van der Waals surface area contributed by atoms with Crippen molar-refractivity contribution in [3.05, 3.63) is 52.4 Å². The van der Waals surface area contributed by atoms with Crippen molar-refractivity contribution >= 4 is 5.96 Å². The summed E-state index contributed by atoms with van der Waals surface area (Å²) >= 11 is 0. The maximum absolute atomic E-state index is 12.8. The number of hydrogen-bond acceptors (Lipinski definition) is 3. The Morgan fingerprint density at radius 2 is 2.00 bits per heavy atom. The lowest BCUT2D eigenvalue weighted by atomic mass is 10.00. The summed E-state index contributed by atoms with van der Waals surface area (Å²) in [6.07, 6.45) is -4.35. The highest BCUT2D eigenvalue weighted by molar-refractivity contribution is 5.79. The van der Waals surface area contributed by atoms with Gasteiger partial charge in [0.25, 0.3) is 0 Å². The second kappa shape index (κ2) is 8.92. The number of nitrogens with zero attached hydrogens (tertiary/aromatic N) is 2. The Morgan fingerprint density at radius 1 is 1.26 bits per heavy atom. The summed E-state index contributed by atoms with van der Waals surface area (Å²) in [6, 6.07) is 5.21. The average molecular weight is 382 g/mol. The maximum Gasteiger partial charge on any atom is 0.416 e. The molecule has 148 valence electrons. The summed E-state index contributed by atoms with van der Waals surface area (Å²) in [7, 11) is 0. The van der Waals surface area contributed by atoms with Crippen molar-refractivity contribution < 1.29 is 17.7 Å². The van der Waals surface area contributed by atoms with E-state index in [0.717, 1.165) is 29.2 Å². The smallest absolute Gasteiger partial charge is 0.361 e. The van der Waals surface area contributed by atoms with Gasteiger partial charge in [0, 0.05) is 24.6 Å². The quantitative estimate of drug-likeness (QED) is 0.581. The Balaban J connectivity index is 2.04. The molecular formula is C19H25F3N4O. The molecule has 8 heteroatoms. The van der Waals surface area contributed by atoms with Crippen LogP contribution < -0.4 is 10.6 Å². The van der Waals surface area contributed by atoms with Gasteiger partial charge in [0.2, 0.25) is 0 Å². The van der Waals surface area contributed by atoms with Crippen LogP contribution in [0.15, 0.2) is 33.8 Å². The first-order valence-corrected chi connectivity index (χ1v) is 8.83. The van der Waals surface area contributed by atoms with Gasteiger partial charge in [-0.2, -0.15) is 13.2 Å². The largest absolute Gasteiger partial charge is 0.416 e. The van der Waals surface area contributed by atoms with E-state index >= 15 is 0 Å². The van der Waals surface area contributed by atoms with Gasteiger partial charge in [-0.3, -0.25) is 0 Å². The highest BCUT2D eigenvalue weighted by Gasteiger charge is 2.30. The molecule has 0 bridgehead atoms. The van der Waals surface area contributed by atoms with Crippen LogP contribution in [0, 0.1) is 13.8 Å². The number of aliphatic imine (C=N–C) groups is 1. The molecule has 0 amide bonds. The molecule has 0 aliphatic carbocycles. The SMILES string of the molecule is CCNC(=NCc1cccc(C(F)(F)F)c1)NCC(C)c1c(C)noc1C. The maximum atomic E-state index is 12.8. The van der Waals surface area contributed by atoms with E-state index in [1.54, 1.807) is 6.07 Å². The van der Waals surface area contributed by atoms with Crippen molar-refractivity contribution in [2.45, 2.75) is 46.3 Å². The molecule has 1 aromatic carbocycles. The van der Waals surface area contributed by atoms with E-state index in [1.807, 2.05) is 20.8 Å². The molecule has 0 radical (unpaired) electrons. The van der Waals surface area contributed by atoms with Gasteiger partial charge in [0.15, 0.2) is 5.96 Å². The van der Waals surface area contributed by atoms with E-state index in [1.165, 1.54) is 6.07 Å². The molecule has 1 heterocycles. The number of halogens is 3. The van der Waals surface area contributed by atoms with Crippen LogP contribution in [0.2, 0.25) is 0 Å². The van der Waals surface area contributed by atoms with Gasteiger partial charge in [-0.25, -0.2) is 4.99 Å². The van der Waals surface area contributed by atoms with Gasteiger partial charge in [0.05, 0.1) is 17.8 Å². The van der Waals surface area contributed by atoms with Crippen molar-refractivity contribution in [2.24, 2.45) is 4.99 Å². The Hall–Kier alpha value is -2.51. The van der Waals surface area contributed by atoms with Crippen molar-refractivity contribution in [3.8, 4) is 0 Å². The summed E-state index contributed by atoms with van der Waals surface area (Å²) in [6.45, 7) is 9.15. The number of hydrogen-bond donors (Lipinski definition) is 2. The lowest BCUT2D eigenvalue weighted by molar-refractivity contribution is -0.137. The number of alkyl halides is 3. The third-order valence-corrected chi connectivity index (χ3v) is 4.18. The van der Waals surface area contributed by atoms with Gasteiger partial charge >= 0.3 is 6.18 Å². The third kappa shape index (κ3) is 5.74. The molecule has 0 fully saturated rings. The number of nitrogens with one attached hydrogen (secondary N) is 2. The Bertz CT molecular complexity index is 764. The molecule has 2 aromatic rings. The number of aryl methyl sites for hydroxylation is 2. The summed E-state index contributed by atoms with van der Waals surface area (Å²) in [5.74, 6) is 1.48. The minimum Gasteiger partial charge on any atom is -0.361 e. The highest BCUT2D eigenvalue weighted by atomic mass is 19.4. The second-order valence-corrected chi connectivity index (χ2v) is 6.41. The van der Waals surface area contributed by atoms with Gasteiger partial charge in [0.1, 0.15) is 5.76 Å². The molecule has 27 heavy (non-hydrogen) atoms. The molecule has 0 aliphatic heterocycles. The number of guanidine groups is 1. The van der Waals surface area contributed by atoms with Gasteiger partial charge in [-0.1, -0.05) is 24.2 Å². The predicted octanol–water partition coefficient (Wildman–Crippen LogP) is 4.17. The van der Waals surface area contributed by atoms with Crippen LogP contribution in [-0.2, 0) is 12.7 Å². The summed E-state index contributed by atoms with van der Waals surface area (Å²) < 4.78 is 43.7. The summed E-state index contributed by atoms with van der Waals surface area (Å²) in [5, 5.41) is 10.3. The second-order valence-electron chi connectivity index (χ2n) is 6.41. The lowest BCUT2D eigenvalue weighted by Gasteiger charge is -2.16. The van der Waals surface area contributed by atoms with Crippen molar-refractivity contribution in [2.75, 3.05) is 13.1 Å². The molecule has 1 atom stereocenters. The minimum atomic E-state index is -4.35. The average Bonchev–Trinajstić information content (AvgIpc) is 2.95. The zero-order valence-corrected chi connectivity index (χ0v) is 15.9. The molecule has 0 aliphatic rings. The topological polar surface area (TPSA) is 62.5 Å². The molecule has 0 saturated heterocycles. The van der Waals surface area contributed by atoms with Crippen LogP contribution in [0.3, 0.4) is 0 Å². The lowest BCUT2D eigenvalue weighted by Crippen LogP contribution is -2.39. The molecule has 2 N–H and O–H groups in total. The van der Waals surface area contributed by atoms with Crippen LogP contribution >= 0.6 is 0 Å². The Kier molecular flexibility index (Phi) is 6.87. The zero-order valence-electron chi connectivity index (χ0n) is 15.9. The fourth-order valence-corrected chi connectivity index (χ4v) is 2.90. The van der Waals surface area contributed by atoms with Crippen molar-refractivity contribution in [1.82, 2.24) is 15.8 Å². The van der Waals surface area contributed by atoms with Crippen LogP contribution in [-0.4, -0.2) is 24.2 Å². The first kappa shape index (κ1) is 20.8. The van der Waals surface area contributed by atoms with E-state index < -0.39 is 11.7 Å². The van der Waals surface area contributed by atoms with Crippen molar-refractivity contribution in [3.63, 3.8) is 0 Å². The third-order valence-electron chi connectivity index (χ3n) is 4.18. The number of aromatic nitrogens is 1. The molecule has 0 spiro atoms. The van der Waals surface area contributed by atoms with Crippen molar-refractivity contribution in [1.29, 1.82) is 0 Å². The van der Waals surface area contributed by atoms with Crippen LogP contribution in [0.1, 0.15) is 47.9 Å². The predicted molar refractivity (Wildman–Crippen MR) is 98.7 cm³/mol. The highest BCUT2D eigenvalue weighted by Crippen LogP contribution is 2.29. The first-order valence-electron chi connectivity index (χ1n) is 8.83. The standard InChI is InChI=1S/C19H25F3N4O/c1-5-23-18(24-10-12(2)17-13(3)26-27-14(17)4)25-11-15-7-6-8-16(9-15)19(20,21)22/h6-9,12H,5,10-11H2,1-4H3,(H2,23,24,25). The number of rotatable bonds is 6. The first-order chi connectivity index (χ1) is 12.7. The van der Waals surface area contributed by atoms with E-state index in [4.69, 9.17) is 4.52 Å². The summed E-state index contributed by atoms with van der Waals surface area (Å²) in [5.41, 5.74) is 1.74. The minimum absolute atomic E-state index is 0.147. The van der Waals surface area contributed by atoms with Gasteiger partial charge in [-0.05, 0) is 38.5 Å². The molecule has 5 nitrogen and oxygen atoms in total. The van der Waals surface area contributed by atoms with Gasteiger partial charge < -0.3 is 15.2 Å². The van der Waals surface area contributed by atoms with E-state index in [9.17, 15) is 13.2 Å². The zero-order chi connectivity index (χ0) is 20.0. The molecular weight excluding hydrogens is 357 g/mol. The van der Waals surface area contributed by atoms with E-state index in [2.05, 4.69) is 27.7 Å². The van der Waals surface area contributed by atoms with Gasteiger partial charge in [-0.15, -0.1) is 0 Å². The Labute approximate surface area is 157 Å². The van der Waals surface area contributed by atoms with E-state index in [-0.39, 0.29) is 12.5 Å². The number of benzene rings is 1. The summed E-state index contributed by atoms with van der Waals surface area (Å²) in [4.78, 5) is 4.39. The Morgan fingerprint density at radius 3 is 2.59 bits per heavy atom. The molecule has 1 aromatic heterocycles. The molecule has 1 unspecified atom stereocenters. The monoisotopic (exact) mass is 382 g/mol. The normalized spacial score (nSPS) is 13.5. The van der Waals surface area contributed by atoms with Crippen LogP contribution in [0.25, 0.3) is 0 Å². The van der Waals surface area contributed by atoms with Crippen LogP contribution in [0.4, 0.5) is 13.2 Å². The fourth-order valence-electron chi connectivity index (χ4n) is 2.90. The van der Waals surface area contributed by atoms with Crippen LogP contribution in [0.5, 0.6) is 0 Å². The molecule has 2 rings (SSSR count). The fraction of sp³-hybridized carbons (Fsp3) is 0.474. The van der Waals surface area contributed by atoms with E-state index in [0.29, 0.717) is 24.6 Å².